The number of carbonyl (C=O) groups excluding carboxylic acids is 2. The fourth-order valence-corrected chi connectivity index (χ4v) is 26.7. The van der Waals surface area contributed by atoms with Crippen LogP contribution in [0.3, 0.4) is 0 Å². The monoisotopic (exact) mass is 549 g/mol. The highest BCUT2D eigenvalue weighted by Gasteiger charge is 2.52. The van der Waals surface area contributed by atoms with Gasteiger partial charge in [-0.1, -0.05) is 6.58 Å². The Labute approximate surface area is 208 Å². The Kier molecular flexibility index (Phi) is 9.72. The quantitative estimate of drug-likeness (QED) is 0.282. The molecular formula is C21H43NO8Si4. The summed E-state index contributed by atoms with van der Waals surface area (Å²) < 4.78 is 31.5. The van der Waals surface area contributed by atoms with Gasteiger partial charge in [-0.3, -0.25) is 9.59 Å². The Balaban J connectivity index is 1.89. The summed E-state index contributed by atoms with van der Waals surface area (Å²) in [5.41, 5.74) is 0.323. The van der Waals surface area contributed by atoms with E-state index in [4.69, 9.17) is 21.2 Å². The molecule has 13 heteroatoms. The number of nitrogens with one attached hydrogen (secondary N) is 1. The van der Waals surface area contributed by atoms with E-state index in [1.807, 2.05) is 0 Å². The van der Waals surface area contributed by atoms with Crippen molar-refractivity contribution in [3.63, 3.8) is 0 Å². The standard InChI is InChI=1S/C21H43NO8Si4/c1-16(2)21(25)22-15-20(24)26-19-11-10-17(14-18(19)23)12-13-34(9)29-32(5,6)27-31(3,4)28-33(7,8)30-34/h17-19,23H,1,10-15H2,2-9H3,(H,22,25). The second-order valence-electron chi connectivity index (χ2n) is 11.0. The van der Waals surface area contributed by atoms with Crippen molar-refractivity contribution in [1.29, 1.82) is 0 Å². The van der Waals surface area contributed by atoms with Gasteiger partial charge in [-0.15, -0.1) is 0 Å². The van der Waals surface area contributed by atoms with Gasteiger partial charge in [0.05, 0.1) is 6.10 Å². The van der Waals surface area contributed by atoms with Gasteiger partial charge in [0.2, 0.25) is 5.91 Å². The zero-order chi connectivity index (χ0) is 25.9. The highest BCUT2D eigenvalue weighted by Crippen LogP contribution is 2.36. The molecule has 1 heterocycles. The molecule has 196 valence electrons. The number of amides is 1. The molecule has 0 aromatic heterocycles. The molecule has 0 spiro atoms. The molecule has 34 heavy (non-hydrogen) atoms. The molecule has 2 rings (SSSR count). The predicted octanol–water partition coefficient (Wildman–Crippen LogP) is 3.40. The summed E-state index contributed by atoms with van der Waals surface area (Å²) in [7, 11) is -9.68. The van der Waals surface area contributed by atoms with Crippen LogP contribution in [0.15, 0.2) is 12.2 Å². The second kappa shape index (κ2) is 11.2. The average Bonchev–Trinajstić information content (AvgIpc) is 2.62. The Bertz CT molecular complexity index is 754. The molecule has 1 saturated carbocycles. The summed E-state index contributed by atoms with van der Waals surface area (Å²) in [6.45, 7) is 19.3. The molecule has 1 aliphatic carbocycles. The van der Waals surface area contributed by atoms with Gasteiger partial charge in [-0.2, -0.15) is 0 Å². The highest BCUT2D eigenvalue weighted by atomic mass is 28.5. The van der Waals surface area contributed by atoms with E-state index in [-0.39, 0.29) is 12.5 Å². The Morgan fingerprint density at radius 1 is 0.971 bits per heavy atom. The lowest BCUT2D eigenvalue weighted by Crippen LogP contribution is -2.65. The van der Waals surface area contributed by atoms with E-state index in [1.165, 1.54) is 0 Å². The van der Waals surface area contributed by atoms with E-state index in [2.05, 4.69) is 57.7 Å². The zero-order valence-corrected chi connectivity index (χ0v) is 26.0. The van der Waals surface area contributed by atoms with Crippen molar-refractivity contribution in [2.24, 2.45) is 5.92 Å². The van der Waals surface area contributed by atoms with Crippen LogP contribution in [0.25, 0.3) is 0 Å². The van der Waals surface area contributed by atoms with Gasteiger partial charge in [-0.25, -0.2) is 0 Å². The van der Waals surface area contributed by atoms with Crippen molar-refractivity contribution < 1.29 is 35.9 Å². The molecule has 0 bridgehead atoms. The maximum Gasteiger partial charge on any atom is 0.325 e. The molecule has 3 unspecified atom stereocenters. The normalized spacial score (nSPS) is 29.9. The van der Waals surface area contributed by atoms with Gasteiger partial charge in [-0.05, 0) is 90.4 Å². The summed E-state index contributed by atoms with van der Waals surface area (Å²) in [5.74, 6) is -0.659. The molecule has 1 saturated heterocycles. The molecule has 1 amide bonds. The van der Waals surface area contributed by atoms with Crippen LogP contribution < -0.4 is 5.32 Å². The van der Waals surface area contributed by atoms with Gasteiger partial charge in [0, 0.05) is 5.57 Å². The minimum absolute atomic E-state index is 0.236. The number of hydrogen-bond acceptors (Lipinski definition) is 8. The van der Waals surface area contributed by atoms with Gasteiger partial charge in [0.15, 0.2) is 0 Å². The maximum atomic E-state index is 12.0. The third kappa shape index (κ3) is 9.42. The van der Waals surface area contributed by atoms with Crippen LogP contribution in [0.4, 0.5) is 0 Å². The van der Waals surface area contributed by atoms with Crippen LogP contribution in [0.5, 0.6) is 0 Å². The smallest absolute Gasteiger partial charge is 0.325 e. The molecular weight excluding hydrogens is 507 g/mol. The first kappa shape index (κ1) is 29.6. The SMILES string of the molecule is C=C(C)C(=O)NCC(=O)OC1CCC(CC[Si]2(C)O[Si](C)(C)O[Si](C)(C)O[Si](C)(C)O2)CC1O. The maximum absolute atomic E-state index is 12.0. The van der Waals surface area contributed by atoms with E-state index >= 15 is 0 Å². The number of aliphatic hydroxyl groups excluding tert-OH is 1. The van der Waals surface area contributed by atoms with Gasteiger partial charge in [0.25, 0.3) is 0 Å². The van der Waals surface area contributed by atoms with Crippen molar-refractivity contribution in [3.05, 3.63) is 12.2 Å². The fourth-order valence-electron chi connectivity index (χ4n) is 4.99. The van der Waals surface area contributed by atoms with Gasteiger partial charge in [0.1, 0.15) is 12.6 Å². The van der Waals surface area contributed by atoms with Crippen LogP contribution in [0, 0.1) is 5.92 Å². The van der Waals surface area contributed by atoms with Crippen LogP contribution in [0.2, 0.25) is 51.9 Å². The van der Waals surface area contributed by atoms with Crippen molar-refractivity contribution in [2.75, 3.05) is 6.54 Å². The van der Waals surface area contributed by atoms with Crippen molar-refractivity contribution in [2.45, 2.75) is 96.7 Å². The first-order chi connectivity index (χ1) is 15.4. The third-order valence-electron chi connectivity index (χ3n) is 5.84. The molecule has 2 fully saturated rings. The molecule has 3 atom stereocenters. The molecule has 0 radical (unpaired) electrons. The zero-order valence-electron chi connectivity index (χ0n) is 22.0. The topological polar surface area (TPSA) is 113 Å². The van der Waals surface area contributed by atoms with E-state index < -0.39 is 58.3 Å². The molecule has 9 nitrogen and oxygen atoms in total. The number of aliphatic hydroxyl groups is 1. The lowest BCUT2D eigenvalue weighted by atomic mass is 9.84. The van der Waals surface area contributed by atoms with Crippen molar-refractivity contribution in [3.8, 4) is 0 Å². The number of hydrogen-bond donors (Lipinski definition) is 2. The van der Waals surface area contributed by atoms with E-state index in [0.29, 0.717) is 18.4 Å². The Hall–Kier alpha value is -0.652. The van der Waals surface area contributed by atoms with Crippen LogP contribution in [0.1, 0.15) is 32.6 Å². The first-order valence-corrected chi connectivity index (χ1v) is 23.0. The minimum Gasteiger partial charge on any atom is -0.458 e. The predicted molar refractivity (Wildman–Crippen MR) is 139 cm³/mol. The average molecular weight is 550 g/mol. The van der Waals surface area contributed by atoms with Crippen LogP contribution in [-0.2, 0) is 30.8 Å². The van der Waals surface area contributed by atoms with E-state index in [9.17, 15) is 14.7 Å². The summed E-state index contributed by atoms with van der Waals surface area (Å²) in [6.07, 6.45) is 1.55. The number of esters is 1. The van der Waals surface area contributed by atoms with Crippen molar-refractivity contribution >= 4 is 46.1 Å². The van der Waals surface area contributed by atoms with E-state index in [1.54, 1.807) is 6.92 Å². The largest absolute Gasteiger partial charge is 0.458 e. The summed E-state index contributed by atoms with van der Waals surface area (Å²) >= 11 is 0. The lowest BCUT2D eigenvalue weighted by molar-refractivity contribution is -0.158. The number of rotatable bonds is 7. The molecule has 2 aliphatic rings. The number of carbonyl (C=O) groups is 2. The molecule has 1 aliphatic heterocycles. The highest BCUT2D eigenvalue weighted by molar-refractivity contribution is 6.93. The first-order valence-electron chi connectivity index (χ1n) is 12.0. The van der Waals surface area contributed by atoms with Crippen molar-refractivity contribution in [1.82, 2.24) is 5.32 Å². The summed E-state index contributed by atoms with van der Waals surface area (Å²) in [6, 6.07) is 0.795. The number of ether oxygens (including phenoxy) is 1. The lowest BCUT2D eigenvalue weighted by Gasteiger charge is -2.47. The van der Waals surface area contributed by atoms with Gasteiger partial charge < -0.3 is 31.6 Å². The molecule has 2 N–H and O–H groups in total. The van der Waals surface area contributed by atoms with Crippen LogP contribution in [-0.4, -0.2) is 70.0 Å². The third-order valence-corrected chi connectivity index (χ3v) is 22.3. The Morgan fingerprint density at radius 3 is 2.00 bits per heavy atom. The van der Waals surface area contributed by atoms with Gasteiger partial charge >= 0.3 is 40.2 Å². The van der Waals surface area contributed by atoms with Crippen LogP contribution >= 0.6 is 0 Å². The minimum atomic E-state index is -2.55. The molecule has 0 aromatic carbocycles. The Morgan fingerprint density at radius 2 is 1.50 bits per heavy atom. The summed E-state index contributed by atoms with van der Waals surface area (Å²) in [4.78, 5) is 23.6. The van der Waals surface area contributed by atoms with E-state index in [0.717, 1.165) is 18.9 Å². The second-order valence-corrected chi connectivity index (χ2v) is 25.5. The fraction of sp³-hybridized carbons (Fsp3) is 0.810. The summed E-state index contributed by atoms with van der Waals surface area (Å²) in [5, 5.41) is 13.1. The molecule has 0 aromatic rings.